The number of rotatable bonds is 4. The minimum atomic E-state index is -0.976. The molecule has 1 aromatic rings. The van der Waals surface area contributed by atoms with Gasteiger partial charge in [0.25, 0.3) is 0 Å². The molecule has 1 rings (SSSR count). The van der Waals surface area contributed by atoms with Gasteiger partial charge in [-0.1, -0.05) is 6.92 Å². The van der Waals surface area contributed by atoms with Crippen molar-refractivity contribution in [2.75, 3.05) is 5.32 Å². The van der Waals surface area contributed by atoms with Gasteiger partial charge in [-0.05, 0) is 25.8 Å². The first-order chi connectivity index (χ1) is 8.01. The van der Waals surface area contributed by atoms with Gasteiger partial charge in [-0.3, -0.25) is 0 Å². The second-order valence-electron chi connectivity index (χ2n) is 3.69. The summed E-state index contributed by atoms with van der Waals surface area (Å²) in [4.78, 5) is 10.9. The number of anilines is 1. The Kier molecular flexibility index (Phi) is 3.99. The third kappa shape index (κ3) is 2.69. The van der Waals surface area contributed by atoms with Gasteiger partial charge in [-0.25, -0.2) is 4.79 Å². The number of aromatic nitrogens is 2. The molecule has 6 nitrogen and oxygen atoms in total. The third-order valence-corrected chi connectivity index (χ3v) is 2.58. The predicted molar refractivity (Wildman–Crippen MR) is 61.6 cm³/mol. The van der Waals surface area contributed by atoms with Crippen molar-refractivity contribution >= 4 is 11.8 Å². The number of hydrogen-bond acceptors (Lipinski definition) is 5. The molecule has 0 saturated carbocycles. The molecule has 0 aliphatic rings. The van der Waals surface area contributed by atoms with Crippen LogP contribution in [0.25, 0.3) is 0 Å². The molecule has 17 heavy (non-hydrogen) atoms. The van der Waals surface area contributed by atoms with E-state index in [0.717, 1.165) is 0 Å². The summed E-state index contributed by atoms with van der Waals surface area (Å²) in [5.41, 5.74) is 1.72. The van der Waals surface area contributed by atoms with Crippen molar-refractivity contribution < 1.29 is 9.90 Å². The van der Waals surface area contributed by atoms with E-state index in [1.807, 2.05) is 6.07 Å². The van der Waals surface area contributed by atoms with Crippen molar-refractivity contribution in [1.29, 1.82) is 5.26 Å². The summed E-state index contributed by atoms with van der Waals surface area (Å²) >= 11 is 0. The van der Waals surface area contributed by atoms with Crippen LogP contribution >= 0.6 is 0 Å². The Hall–Kier alpha value is -2.16. The number of nitriles is 1. The van der Waals surface area contributed by atoms with Crippen molar-refractivity contribution in [3.63, 3.8) is 0 Å². The summed E-state index contributed by atoms with van der Waals surface area (Å²) in [6, 6.07) is 1.25. The standard InChI is InChI=1S/C11H14N4O2/c1-4-9(11(16)17)13-10-8(5-12)6(2)7(3)14-15-10/h9H,4H2,1-3H3,(H,13,15)(H,16,17). The van der Waals surface area contributed by atoms with Crippen molar-refractivity contribution in [3.8, 4) is 6.07 Å². The molecule has 1 aromatic heterocycles. The zero-order chi connectivity index (χ0) is 13.0. The minimum Gasteiger partial charge on any atom is -0.480 e. The fourth-order valence-corrected chi connectivity index (χ4v) is 1.35. The van der Waals surface area contributed by atoms with Gasteiger partial charge in [0.1, 0.15) is 17.7 Å². The van der Waals surface area contributed by atoms with E-state index in [1.54, 1.807) is 20.8 Å². The summed E-state index contributed by atoms with van der Waals surface area (Å²) in [6.45, 7) is 5.25. The molecule has 0 saturated heterocycles. The summed E-state index contributed by atoms with van der Waals surface area (Å²) in [6.07, 6.45) is 0.398. The molecule has 6 heteroatoms. The summed E-state index contributed by atoms with van der Waals surface area (Å²) in [5, 5.41) is 28.4. The average molecular weight is 234 g/mol. The van der Waals surface area contributed by atoms with E-state index in [-0.39, 0.29) is 5.82 Å². The molecular formula is C11H14N4O2. The molecule has 0 spiro atoms. The molecule has 0 aromatic carbocycles. The molecule has 0 amide bonds. The lowest BCUT2D eigenvalue weighted by Crippen LogP contribution is -2.29. The van der Waals surface area contributed by atoms with Crippen LogP contribution in [0.1, 0.15) is 30.2 Å². The number of hydrogen-bond donors (Lipinski definition) is 2. The van der Waals surface area contributed by atoms with Crippen LogP contribution in [0.2, 0.25) is 0 Å². The Morgan fingerprint density at radius 1 is 1.53 bits per heavy atom. The first-order valence-electron chi connectivity index (χ1n) is 5.24. The normalized spacial score (nSPS) is 11.6. The molecule has 2 N–H and O–H groups in total. The van der Waals surface area contributed by atoms with Gasteiger partial charge in [0.2, 0.25) is 0 Å². The molecular weight excluding hydrogens is 220 g/mol. The quantitative estimate of drug-likeness (QED) is 0.813. The Morgan fingerprint density at radius 3 is 2.65 bits per heavy atom. The molecule has 1 heterocycles. The molecule has 0 aliphatic heterocycles. The van der Waals surface area contributed by atoms with Crippen LogP contribution in [-0.4, -0.2) is 27.3 Å². The highest BCUT2D eigenvalue weighted by Gasteiger charge is 2.18. The maximum Gasteiger partial charge on any atom is 0.326 e. The first-order valence-corrected chi connectivity index (χ1v) is 5.24. The van der Waals surface area contributed by atoms with E-state index < -0.39 is 12.0 Å². The maximum atomic E-state index is 10.9. The Balaban J connectivity index is 3.12. The van der Waals surface area contributed by atoms with Gasteiger partial charge >= 0.3 is 5.97 Å². The fraction of sp³-hybridized carbons (Fsp3) is 0.455. The van der Waals surface area contributed by atoms with E-state index in [2.05, 4.69) is 15.5 Å². The van der Waals surface area contributed by atoms with Gasteiger partial charge in [0.15, 0.2) is 5.82 Å². The second-order valence-corrected chi connectivity index (χ2v) is 3.69. The molecule has 0 radical (unpaired) electrons. The Bertz CT molecular complexity index is 479. The summed E-state index contributed by atoms with van der Waals surface area (Å²) in [7, 11) is 0. The number of aryl methyl sites for hydroxylation is 1. The lowest BCUT2D eigenvalue weighted by atomic mass is 10.1. The number of aliphatic carboxylic acids is 1. The second kappa shape index (κ2) is 5.25. The molecule has 90 valence electrons. The minimum absolute atomic E-state index is 0.227. The van der Waals surface area contributed by atoms with Gasteiger partial charge in [0, 0.05) is 0 Å². The monoisotopic (exact) mass is 234 g/mol. The third-order valence-electron chi connectivity index (χ3n) is 2.58. The zero-order valence-corrected chi connectivity index (χ0v) is 9.98. The van der Waals surface area contributed by atoms with Gasteiger partial charge < -0.3 is 10.4 Å². The summed E-state index contributed by atoms with van der Waals surface area (Å²) < 4.78 is 0. The lowest BCUT2D eigenvalue weighted by Gasteiger charge is -2.14. The SMILES string of the molecule is CCC(Nc1nnc(C)c(C)c1C#N)C(=O)O. The van der Waals surface area contributed by atoms with Crippen molar-refractivity contribution in [2.24, 2.45) is 0 Å². The highest BCUT2D eigenvalue weighted by atomic mass is 16.4. The topological polar surface area (TPSA) is 98.9 Å². The van der Waals surface area contributed by atoms with Crippen LogP contribution in [0.4, 0.5) is 5.82 Å². The first kappa shape index (κ1) is 12.9. The number of carboxylic acids is 1. The number of carboxylic acid groups (broad SMARTS) is 1. The average Bonchev–Trinajstić information content (AvgIpc) is 2.30. The highest BCUT2D eigenvalue weighted by Crippen LogP contribution is 2.18. The van der Waals surface area contributed by atoms with Gasteiger partial charge in [-0.15, -0.1) is 5.10 Å². The van der Waals surface area contributed by atoms with Crippen LogP contribution in [0.3, 0.4) is 0 Å². The van der Waals surface area contributed by atoms with E-state index >= 15 is 0 Å². The number of carbonyl (C=O) groups is 1. The van der Waals surface area contributed by atoms with Crippen LogP contribution in [0.15, 0.2) is 0 Å². The smallest absolute Gasteiger partial charge is 0.326 e. The summed E-state index contributed by atoms with van der Waals surface area (Å²) in [5.74, 6) is -0.749. The molecule has 0 bridgehead atoms. The number of nitrogens with zero attached hydrogens (tertiary/aromatic N) is 3. The predicted octanol–water partition coefficient (Wildman–Crippen LogP) is 1.24. The van der Waals surface area contributed by atoms with Crippen LogP contribution in [0.5, 0.6) is 0 Å². The van der Waals surface area contributed by atoms with Gasteiger partial charge in [0.05, 0.1) is 5.69 Å². The Labute approximate surface area is 99.3 Å². The van der Waals surface area contributed by atoms with Crippen molar-refractivity contribution in [2.45, 2.75) is 33.2 Å². The van der Waals surface area contributed by atoms with E-state index in [1.165, 1.54) is 0 Å². The van der Waals surface area contributed by atoms with Crippen molar-refractivity contribution in [3.05, 3.63) is 16.8 Å². The van der Waals surface area contributed by atoms with Crippen molar-refractivity contribution in [1.82, 2.24) is 10.2 Å². The van der Waals surface area contributed by atoms with E-state index in [0.29, 0.717) is 23.2 Å². The zero-order valence-electron chi connectivity index (χ0n) is 9.98. The van der Waals surface area contributed by atoms with E-state index in [4.69, 9.17) is 10.4 Å². The van der Waals surface area contributed by atoms with E-state index in [9.17, 15) is 4.79 Å². The van der Waals surface area contributed by atoms with Crippen LogP contribution < -0.4 is 5.32 Å². The van der Waals surface area contributed by atoms with Crippen LogP contribution in [-0.2, 0) is 4.79 Å². The highest BCUT2D eigenvalue weighted by molar-refractivity contribution is 5.77. The van der Waals surface area contributed by atoms with Gasteiger partial charge in [-0.2, -0.15) is 10.4 Å². The molecule has 1 atom stereocenters. The molecule has 0 fully saturated rings. The number of nitrogens with one attached hydrogen (secondary N) is 1. The lowest BCUT2D eigenvalue weighted by molar-refractivity contribution is -0.137. The van der Waals surface area contributed by atoms with Crippen LogP contribution in [0, 0.1) is 25.2 Å². The fourth-order valence-electron chi connectivity index (χ4n) is 1.35. The maximum absolute atomic E-state index is 10.9. The molecule has 0 aliphatic carbocycles. The Morgan fingerprint density at radius 2 is 2.18 bits per heavy atom. The largest absolute Gasteiger partial charge is 0.480 e. The molecule has 1 unspecified atom stereocenters.